The maximum Gasteiger partial charge on any atom is 0.429 e. The van der Waals surface area contributed by atoms with Crippen molar-refractivity contribution in [3.8, 4) is 0 Å². The minimum atomic E-state index is -5.64. The first kappa shape index (κ1) is 17.6. The molecule has 18 heavy (non-hydrogen) atoms. The zero-order chi connectivity index (χ0) is 15.2. The van der Waals surface area contributed by atoms with Gasteiger partial charge in [-0.25, -0.2) is 13.2 Å². The Morgan fingerprint density at radius 3 is 1.22 bits per heavy atom. The fourth-order valence-corrected chi connectivity index (χ4v) is 1.75. The summed E-state index contributed by atoms with van der Waals surface area (Å²) in [4.78, 5) is 0. The largest absolute Gasteiger partial charge is 0.429 e. The van der Waals surface area contributed by atoms with Crippen LogP contribution in [0.3, 0.4) is 0 Å². The molecule has 110 valence electrons. The van der Waals surface area contributed by atoms with Crippen LogP contribution in [0.1, 0.15) is 48.0 Å². The first-order valence-electron chi connectivity index (χ1n) is 5.69. The Morgan fingerprint density at radius 2 is 1.06 bits per heavy atom. The minimum absolute atomic E-state index is 0.352. The van der Waals surface area contributed by atoms with Crippen molar-refractivity contribution >= 4 is 0 Å². The van der Waals surface area contributed by atoms with Crippen LogP contribution in [-0.2, 0) is 0 Å². The van der Waals surface area contributed by atoms with Gasteiger partial charge in [-0.3, -0.25) is 0 Å². The van der Waals surface area contributed by atoms with E-state index in [2.05, 4.69) is 0 Å². The second-order valence-electron chi connectivity index (χ2n) is 6.22. The van der Waals surface area contributed by atoms with Gasteiger partial charge in [0.15, 0.2) is 0 Å². The van der Waals surface area contributed by atoms with Gasteiger partial charge in [-0.05, 0) is 6.42 Å². The molecule has 0 rings (SSSR count). The zero-order valence-corrected chi connectivity index (χ0v) is 11.5. The molecule has 0 radical (unpaired) electrons. The van der Waals surface area contributed by atoms with Gasteiger partial charge >= 0.3 is 6.18 Å². The molecule has 0 fully saturated rings. The first-order valence-corrected chi connectivity index (χ1v) is 5.69. The van der Waals surface area contributed by atoms with E-state index in [1.54, 1.807) is 0 Å². The number of hydrogen-bond donors (Lipinski definition) is 0. The van der Waals surface area contributed by atoms with Gasteiger partial charge in [0, 0.05) is 10.8 Å². The molecule has 0 nitrogen and oxygen atoms in total. The van der Waals surface area contributed by atoms with Crippen LogP contribution >= 0.6 is 0 Å². The van der Waals surface area contributed by atoms with Crippen LogP contribution in [0.25, 0.3) is 0 Å². The van der Waals surface area contributed by atoms with E-state index in [0.717, 1.165) is 34.6 Å². The average Bonchev–Trinajstić information content (AvgIpc) is 2.12. The van der Waals surface area contributed by atoms with Crippen molar-refractivity contribution in [1.82, 2.24) is 0 Å². The monoisotopic (exact) mass is 278 g/mol. The lowest BCUT2D eigenvalue weighted by Gasteiger charge is -2.49. The second-order valence-corrected chi connectivity index (χ2v) is 6.22. The Hall–Kier alpha value is -0.420. The summed E-state index contributed by atoms with van der Waals surface area (Å²) in [6.07, 6.45) is -5.99. The Bertz CT molecular complexity index is 297. The van der Waals surface area contributed by atoms with Crippen molar-refractivity contribution in [2.45, 2.75) is 65.7 Å². The standard InChI is InChI=1S/C12H20F6/c1-7-9(5,6)10(13,12(16,17)18)11(14,15)8(2,3)4/h7H2,1-6H3. The predicted molar refractivity (Wildman–Crippen MR) is 58.4 cm³/mol. The third-order valence-corrected chi connectivity index (χ3v) is 3.58. The predicted octanol–water partition coefficient (Wildman–Crippen LogP) is 5.37. The van der Waals surface area contributed by atoms with E-state index in [4.69, 9.17) is 0 Å². The van der Waals surface area contributed by atoms with Crippen molar-refractivity contribution in [3.63, 3.8) is 0 Å². The fourth-order valence-electron chi connectivity index (χ4n) is 1.75. The van der Waals surface area contributed by atoms with Crippen LogP contribution in [0.2, 0.25) is 0 Å². The molecule has 0 aliphatic rings. The highest BCUT2D eigenvalue weighted by Crippen LogP contribution is 2.61. The van der Waals surface area contributed by atoms with Crippen LogP contribution in [0, 0.1) is 10.8 Å². The third-order valence-electron chi connectivity index (χ3n) is 3.58. The van der Waals surface area contributed by atoms with Gasteiger partial charge in [0.2, 0.25) is 0 Å². The van der Waals surface area contributed by atoms with Crippen molar-refractivity contribution < 1.29 is 26.3 Å². The Morgan fingerprint density at radius 1 is 0.722 bits per heavy atom. The highest BCUT2D eigenvalue weighted by atomic mass is 19.4. The normalized spacial score (nSPS) is 18.7. The van der Waals surface area contributed by atoms with Gasteiger partial charge in [-0.1, -0.05) is 41.5 Å². The van der Waals surface area contributed by atoms with Gasteiger partial charge in [0.1, 0.15) is 0 Å². The number of halogens is 6. The summed E-state index contributed by atoms with van der Waals surface area (Å²) in [5, 5.41) is 0. The molecule has 0 aromatic carbocycles. The molecule has 0 aromatic heterocycles. The Kier molecular flexibility index (Phi) is 4.20. The van der Waals surface area contributed by atoms with Gasteiger partial charge in [-0.2, -0.15) is 13.2 Å². The van der Waals surface area contributed by atoms with E-state index >= 15 is 0 Å². The quantitative estimate of drug-likeness (QED) is 0.608. The van der Waals surface area contributed by atoms with E-state index in [-0.39, 0.29) is 6.42 Å². The van der Waals surface area contributed by atoms with Crippen LogP contribution in [0.4, 0.5) is 26.3 Å². The average molecular weight is 278 g/mol. The molecule has 1 unspecified atom stereocenters. The van der Waals surface area contributed by atoms with Gasteiger partial charge in [-0.15, -0.1) is 0 Å². The fraction of sp³-hybridized carbons (Fsp3) is 1.00. The van der Waals surface area contributed by atoms with E-state index in [1.165, 1.54) is 6.92 Å². The maximum absolute atomic E-state index is 14.5. The van der Waals surface area contributed by atoms with Gasteiger partial charge < -0.3 is 0 Å². The third kappa shape index (κ3) is 2.23. The van der Waals surface area contributed by atoms with Crippen LogP contribution in [0.15, 0.2) is 0 Å². The second kappa shape index (κ2) is 4.30. The van der Waals surface area contributed by atoms with Crippen LogP contribution in [-0.4, -0.2) is 17.8 Å². The van der Waals surface area contributed by atoms with E-state index < -0.39 is 28.6 Å². The number of alkyl halides is 6. The summed E-state index contributed by atoms with van der Waals surface area (Å²) in [5.41, 5.74) is -8.92. The zero-order valence-electron chi connectivity index (χ0n) is 11.5. The van der Waals surface area contributed by atoms with Crippen molar-refractivity contribution in [2.24, 2.45) is 10.8 Å². The molecule has 0 aliphatic carbocycles. The highest BCUT2D eigenvalue weighted by molar-refractivity contribution is 5.11. The molecule has 0 saturated heterocycles. The summed E-state index contributed by atoms with van der Waals surface area (Å²) in [6, 6.07) is 0. The Labute approximate surface area is 104 Å². The first-order chi connectivity index (χ1) is 7.56. The highest BCUT2D eigenvalue weighted by Gasteiger charge is 2.79. The maximum atomic E-state index is 14.5. The lowest BCUT2D eigenvalue weighted by Crippen LogP contribution is -2.67. The van der Waals surface area contributed by atoms with E-state index in [9.17, 15) is 26.3 Å². The summed E-state index contributed by atoms with van der Waals surface area (Å²) in [6.45, 7) is 5.72. The summed E-state index contributed by atoms with van der Waals surface area (Å²) in [5.74, 6) is -4.53. The minimum Gasteiger partial charge on any atom is -0.226 e. The molecule has 0 aromatic rings. The SMILES string of the molecule is CCC(C)(C)C(F)(C(F)(F)F)C(F)(F)C(C)(C)C. The molecular weight excluding hydrogens is 258 g/mol. The summed E-state index contributed by atoms with van der Waals surface area (Å²) >= 11 is 0. The molecular formula is C12H20F6. The molecule has 0 heterocycles. The summed E-state index contributed by atoms with van der Waals surface area (Å²) < 4.78 is 81.5. The molecule has 0 spiro atoms. The number of rotatable bonds is 3. The van der Waals surface area contributed by atoms with Crippen molar-refractivity contribution in [2.75, 3.05) is 0 Å². The smallest absolute Gasteiger partial charge is 0.226 e. The molecule has 0 aliphatic heterocycles. The summed E-state index contributed by atoms with van der Waals surface area (Å²) in [7, 11) is 0. The van der Waals surface area contributed by atoms with Crippen molar-refractivity contribution in [1.29, 1.82) is 0 Å². The van der Waals surface area contributed by atoms with Crippen LogP contribution in [0.5, 0.6) is 0 Å². The van der Waals surface area contributed by atoms with Gasteiger partial charge in [0.25, 0.3) is 11.6 Å². The molecule has 0 N–H and O–H groups in total. The van der Waals surface area contributed by atoms with E-state index in [1.807, 2.05) is 0 Å². The lowest BCUT2D eigenvalue weighted by atomic mass is 9.64. The molecule has 1 atom stereocenters. The molecule has 6 heteroatoms. The van der Waals surface area contributed by atoms with Gasteiger partial charge in [0.05, 0.1) is 0 Å². The molecule has 0 amide bonds. The number of hydrogen-bond acceptors (Lipinski definition) is 0. The van der Waals surface area contributed by atoms with E-state index in [0.29, 0.717) is 0 Å². The lowest BCUT2D eigenvalue weighted by molar-refractivity contribution is -0.358. The van der Waals surface area contributed by atoms with Crippen LogP contribution < -0.4 is 0 Å². The molecule has 0 saturated carbocycles. The topological polar surface area (TPSA) is 0 Å². The van der Waals surface area contributed by atoms with Crippen molar-refractivity contribution in [3.05, 3.63) is 0 Å². The molecule has 0 bridgehead atoms. The Balaban J connectivity index is 6.14.